The standard InChI is InChI=1S/C16H17NO2/c1-3-12-4-7-14(17(2)11-12)8-5-13-6-9-15(18)16(19)10-13/h4-11,19H,3H2,1-2H3/p+1. The molecule has 1 aromatic carbocycles. The summed E-state index contributed by atoms with van der Waals surface area (Å²) in [6.07, 6.45) is 7.00. The summed E-state index contributed by atoms with van der Waals surface area (Å²) in [6.45, 7) is 2.13. The van der Waals surface area contributed by atoms with Crippen molar-refractivity contribution >= 4 is 12.2 Å². The highest BCUT2D eigenvalue weighted by Crippen LogP contribution is 2.25. The van der Waals surface area contributed by atoms with E-state index in [0.29, 0.717) is 0 Å². The third-order valence-electron chi connectivity index (χ3n) is 3.09. The second kappa shape index (κ2) is 5.57. The number of aromatic nitrogens is 1. The number of hydrogen-bond donors (Lipinski definition) is 2. The Balaban J connectivity index is 2.24. The van der Waals surface area contributed by atoms with Gasteiger partial charge in [0.25, 0.3) is 0 Å². The molecule has 19 heavy (non-hydrogen) atoms. The van der Waals surface area contributed by atoms with Gasteiger partial charge in [0.1, 0.15) is 7.05 Å². The van der Waals surface area contributed by atoms with Crippen molar-refractivity contribution in [1.29, 1.82) is 0 Å². The summed E-state index contributed by atoms with van der Waals surface area (Å²) in [6, 6.07) is 8.94. The molecular formula is C16H18NO2+. The van der Waals surface area contributed by atoms with Crippen LogP contribution in [0, 0.1) is 0 Å². The summed E-state index contributed by atoms with van der Waals surface area (Å²) < 4.78 is 2.07. The second-order valence-electron chi connectivity index (χ2n) is 4.51. The minimum Gasteiger partial charge on any atom is -0.504 e. The third kappa shape index (κ3) is 3.13. The molecule has 2 N–H and O–H groups in total. The van der Waals surface area contributed by atoms with Crippen LogP contribution >= 0.6 is 0 Å². The van der Waals surface area contributed by atoms with Crippen LogP contribution in [0.25, 0.3) is 12.2 Å². The maximum absolute atomic E-state index is 9.43. The first-order valence-electron chi connectivity index (χ1n) is 6.28. The van der Waals surface area contributed by atoms with E-state index < -0.39 is 0 Å². The lowest BCUT2D eigenvalue weighted by atomic mass is 10.1. The van der Waals surface area contributed by atoms with Crippen LogP contribution in [0.1, 0.15) is 23.7 Å². The predicted octanol–water partition coefficient (Wildman–Crippen LogP) is 2.66. The van der Waals surface area contributed by atoms with E-state index in [1.165, 1.54) is 17.7 Å². The fraction of sp³-hybridized carbons (Fsp3) is 0.188. The summed E-state index contributed by atoms with van der Waals surface area (Å²) >= 11 is 0. The molecule has 0 saturated carbocycles. The molecule has 2 rings (SSSR count). The molecule has 3 heteroatoms. The van der Waals surface area contributed by atoms with Crippen molar-refractivity contribution in [3.63, 3.8) is 0 Å². The number of aryl methyl sites for hydroxylation is 2. The van der Waals surface area contributed by atoms with Crippen molar-refractivity contribution in [2.24, 2.45) is 7.05 Å². The van der Waals surface area contributed by atoms with Crippen molar-refractivity contribution in [2.75, 3.05) is 0 Å². The number of rotatable bonds is 3. The van der Waals surface area contributed by atoms with Gasteiger partial charge in [-0.25, -0.2) is 4.57 Å². The molecule has 1 heterocycles. The molecule has 0 aliphatic rings. The van der Waals surface area contributed by atoms with Gasteiger partial charge in [0.05, 0.1) is 0 Å². The van der Waals surface area contributed by atoms with E-state index in [2.05, 4.69) is 29.8 Å². The largest absolute Gasteiger partial charge is 0.504 e. The quantitative estimate of drug-likeness (QED) is 0.655. The predicted molar refractivity (Wildman–Crippen MR) is 75.7 cm³/mol. The van der Waals surface area contributed by atoms with Crippen LogP contribution in [-0.2, 0) is 13.5 Å². The van der Waals surface area contributed by atoms with Crippen LogP contribution in [0.4, 0.5) is 0 Å². The number of aromatic hydroxyl groups is 2. The minimum absolute atomic E-state index is 0.102. The van der Waals surface area contributed by atoms with E-state index in [1.807, 2.05) is 19.2 Å². The molecule has 2 aromatic rings. The van der Waals surface area contributed by atoms with E-state index >= 15 is 0 Å². The van der Waals surface area contributed by atoms with E-state index in [-0.39, 0.29) is 11.5 Å². The van der Waals surface area contributed by atoms with E-state index in [1.54, 1.807) is 6.07 Å². The summed E-state index contributed by atoms with van der Waals surface area (Å²) in [5.74, 6) is -0.206. The number of phenolic OH excluding ortho intramolecular Hbond substituents is 2. The first kappa shape index (κ1) is 13.1. The van der Waals surface area contributed by atoms with Gasteiger partial charge in [-0.3, -0.25) is 0 Å². The lowest BCUT2D eigenvalue weighted by Crippen LogP contribution is -2.31. The van der Waals surface area contributed by atoms with Gasteiger partial charge in [0.15, 0.2) is 17.7 Å². The Hall–Kier alpha value is -2.29. The van der Waals surface area contributed by atoms with E-state index in [9.17, 15) is 10.2 Å². The number of pyridine rings is 1. The number of hydrogen-bond acceptors (Lipinski definition) is 2. The van der Waals surface area contributed by atoms with Gasteiger partial charge in [-0.2, -0.15) is 0 Å². The van der Waals surface area contributed by atoms with E-state index in [4.69, 9.17) is 0 Å². The summed E-state index contributed by atoms with van der Waals surface area (Å²) in [5, 5.41) is 18.7. The average Bonchev–Trinajstić information content (AvgIpc) is 2.41. The lowest BCUT2D eigenvalue weighted by molar-refractivity contribution is -0.673. The van der Waals surface area contributed by atoms with Crippen LogP contribution in [0.15, 0.2) is 36.5 Å². The molecular weight excluding hydrogens is 238 g/mol. The molecule has 1 aromatic heterocycles. The fourth-order valence-electron chi connectivity index (χ4n) is 1.88. The lowest BCUT2D eigenvalue weighted by Gasteiger charge is -1.99. The molecule has 0 radical (unpaired) electrons. The van der Waals surface area contributed by atoms with Gasteiger partial charge >= 0.3 is 0 Å². The highest BCUT2D eigenvalue weighted by molar-refractivity contribution is 5.68. The molecule has 0 aliphatic heterocycles. The smallest absolute Gasteiger partial charge is 0.204 e. The molecule has 3 nitrogen and oxygen atoms in total. The van der Waals surface area contributed by atoms with Gasteiger partial charge in [-0.15, -0.1) is 0 Å². The van der Waals surface area contributed by atoms with Crippen LogP contribution < -0.4 is 4.57 Å². The summed E-state index contributed by atoms with van der Waals surface area (Å²) in [4.78, 5) is 0. The number of nitrogens with zero attached hydrogens (tertiary/aromatic N) is 1. The van der Waals surface area contributed by atoms with Crippen molar-refractivity contribution in [3.8, 4) is 11.5 Å². The SMILES string of the molecule is CCc1ccc(/C=C/c2ccc(O)c(O)c2)[n+](C)c1. The fourth-order valence-corrected chi connectivity index (χ4v) is 1.88. The first-order valence-corrected chi connectivity index (χ1v) is 6.28. The van der Waals surface area contributed by atoms with Gasteiger partial charge < -0.3 is 10.2 Å². The maximum atomic E-state index is 9.43. The maximum Gasteiger partial charge on any atom is 0.204 e. The Morgan fingerprint density at radius 2 is 1.84 bits per heavy atom. The van der Waals surface area contributed by atoms with Gasteiger partial charge in [-0.05, 0) is 36.3 Å². The molecule has 0 saturated heterocycles. The van der Waals surface area contributed by atoms with Crippen LogP contribution in [-0.4, -0.2) is 10.2 Å². The van der Waals surface area contributed by atoms with E-state index in [0.717, 1.165) is 17.7 Å². The Morgan fingerprint density at radius 3 is 2.47 bits per heavy atom. The zero-order valence-electron chi connectivity index (χ0n) is 11.2. The highest BCUT2D eigenvalue weighted by atomic mass is 16.3. The molecule has 0 amide bonds. The molecule has 0 atom stereocenters. The van der Waals surface area contributed by atoms with Crippen LogP contribution in [0.2, 0.25) is 0 Å². The third-order valence-corrected chi connectivity index (χ3v) is 3.09. The molecule has 0 spiro atoms. The Bertz CT molecular complexity index is 618. The van der Waals surface area contributed by atoms with Crippen molar-refractivity contribution in [2.45, 2.75) is 13.3 Å². The molecule has 98 valence electrons. The zero-order chi connectivity index (χ0) is 13.8. The monoisotopic (exact) mass is 256 g/mol. The summed E-state index contributed by atoms with van der Waals surface area (Å²) in [5.41, 5.74) is 3.21. The number of benzene rings is 1. The minimum atomic E-state index is -0.104. The molecule has 0 aliphatic carbocycles. The molecule has 0 bridgehead atoms. The highest BCUT2D eigenvalue weighted by Gasteiger charge is 2.04. The zero-order valence-corrected chi connectivity index (χ0v) is 11.2. The molecule has 0 unspecified atom stereocenters. The topological polar surface area (TPSA) is 44.3 Å². The Labute approximate surface area is 113 Å². The van der Waals surface area contributed by atoms with Crippen molar-refractivity contribution in [1.82, 2.24) is 0 Å². The van der Waals surface area contributed by atoms with Crippen molar-refractivity contribution < 1.29 is 14.8 Å². The van der Waals surface area contributed by atoms with Crippen molar-refractivity contribution in [3.05, 3.63) is 53.3 Å². The van der Waals surface area contributed by atoms with Gasteiger partial charge in [0, 0.05) is 17.7 Å². The van der Waals surface area contributed by atoms with Gasteiger partial charge in [0.2, 0.25) is 5.69 Å². The second-order valence-corrected chi connectivity index (χ2v) is 4.51. The van der Waals surface area contributed by atoms with Gasteiger partial charge in [-0.1, -0.05) is 13.0 Å². The van der Waals surface area contributed by atoms with Crippen LogP contribution in [0.3, 0.4) is 0 Å². The Morgan fingerprint density at radius 1 is 1.05 bits per heavy atom. The number of phenols is 2. The summed E-state index contributed by atoms with van der Waals surface area (Å²) in [7, 11) is 2.01. The average molecular weight is 256 g/mol. The normalized spacial score (nSPS) is 11.1. The van der Waals surface area contributed by atoms with Crippen LogP contribution in [0.5, 0.6) is 11.5 Å². The molecule has 0 fully saturated rings. The Kier molecular flexibility index (Phi) is 3.85. The first-order chi connectivity index (χ1) is 9.10.